The van der Waals surface area contributed by atoms with Crippen molar-refractivity contribution in [1.82, 2.24) is 10.6 Å². The molecule has 1 heterocycles. The van der Waals surface area contributed by atoms with E-state index in [2.05, 4.69) is 10.6 Å². The molecule has 1 amide bonds. The molecule has 76 valence electrons. The second-order valence-corrected chi connectivity index (χ2v) is 3.63. The summed E-state index contributed by atoms with van der Waals surface area (Å²) in [5, 5.41) is 15.8. The highest BCUT2D eigenvalue weighted by molar-refractivity contribution is 5.75. The number of aliphatic hydroxyl groups is 1. The van der Waals surface area contributed by atoms with E-state index >= 15 is 0 Å². The number of hydrogen-bond acceptors (Lipinski definition) is 3. The molecule has 0 aromatic carbocycles. The lowest BCUT2D eigenvalue weighted by Crippen LogP contribution is -2.52. The Morgan fingerprint density at radius 3 is 3.00 bits per heavy atom. The first-order chi connectivity index (χ1) is 6.16. The van der Waals surface area contributed by atoms with Gasteiger partial charge in [-0.1, -0.05) is 6.92 Å². The van der Waals surface area contributed by atoms with Gasteiger partial charge in [-0.3, -0.25) is 4.79 Å². The van der Waals surface area contributed by atoms with Crippen LogP contribution in [0.3, 0.4) is 0 Å². The Bertz CT molecular complexity index is 176. The number of nitrogens with one attached hydrogen (secondary N) is 2. The molecule has 0 aliphatic carbocycles. The smallest absolute Gasteiger partial charge is 0.219 e. The molecule has 0 radical (unpaired) electrons. The summed E-state index contributed by atoms with van der Waals surface area (Å²) in [6.45, 7) is 3.71. The monoisotopic (exact) mass is 186 g/mol. The van der Waals surface area contributed by atoms with E-state index in [1.165, 1.54) is 0 Å². The van der Waals surface area contributed by atoms with Crippen molar-refractivity contribution in [2.75, 3.05) is 19.6 Å². The number of rotatable bonds is 3. The summed E-state index contributed by atoms with van der Waals surface area (Å²) in [5.74, 6) is -0.000927. The van der Waals surface area contributed by atoms with E-state index in [4.69, 9.17) is 0 Å². The highest BCUT2D eigenvalue weighted by Gasteiger charge is 2.28. The zero-order valence-electron chi connectivity index (χ0n) is 8.10. The van der Waals surface area contributed by atoms with Gasteiger partial charge in [-0.15, -0.1) is 0 Å². The van der Waals surface area contributed by atoms with Crippen molar-refractivity contribution in [3.8, 4) is 0 Å². The standard InChI is InChI=1S/C9H18N2O2/c1-2-8(12)11-7-9(13)4-3-5-10-6-9/h10,13H,2-7H2,1H3,(H,11,12). The fourth-order valence-electron chi connectivity index (χ4n) is 1.49. The van der Waals surface area contributed by atoms with E-state index in [0.29, 0.717) is 19.5 Å². The molecule has 1 aliphatic heterocycles. The van der Waals surface area contributed by atoms with Crippen LogP contribution >= 0.6 is 0 Å². The van der Waals surface area contributed by atoms with Crippen LogP contribution in [0.2, 0.25) is 0 Å². The Labute approximate surface area is 78.7 Å². The van der Waals surface area contributed by atoms with Gasteiger partial charge in [0, 0.05) is 19.5 Å². The summed E-state index contributed by atoms with van der Waals surface area (Å²) in [7, 11) is 0. The third-order valence-corrected chi connectivity index (χ3v) is 2.39. The van der Waals surface area contributed by atoms with Gasteiger partial charge in [0.2, 0.25) is 5.91 Å². The summed E-state index contributed by atoms with van der Waals surface area (Å²) >= 11 is 0. The van der Waals surface area contributed by atoms with Crippen molar-refractivity contribution >= 4 is 5.91 Å². The predicted molar refractivity (Wildman–Crippen MR) is 50.4 cm³/mol. The zero-order chi connectivity index (χ0) is 9.73. The highest BCUT2D eigenvalue weighted by atomic mass is 16.3. The summed E-state index contributed by atoms with van der Waals surface area (Å²) in [5.41, 5.74) is -0.733. The number of piperidine rings is 1. The first kappa shape index (κ1) is 10.5. The van der Waals surface area contributed by atoms with Crippen LogP contribution < -0.4 is 10.6 Å². The normalized spacial score (nSPS) is 28.5. The predicted octanol–water partition coefficient (Wildman–Crippen LogP) is -0.373. The quantitative estimate of drug-likeness (QED) is 0.563. The topological polar surface area (TPSA) is 61.4 Å². The van der Waals surface area contributed by atoms with Crippen LogP contribution in [0.25, 0.3) is 0 Å². The van der Waals surface area contributed by atoms with E-state index < -0.39 is 5.60 Å². The maximum atomic E-state index is 11.0. The van der Waals surface area contributed by atoms with Crippen molar-refractivity contribution in [2.24, 2.45) is 0 Å². The van der Waals surface area contributed by atoms with Crippen molar-refractivity contribution in [3.05, 3.63) is 0 Å². The zero-order valence-corrected chi connectivity index (χ0v) is 8.10. The summed E-state index contributed by atoms with van der Waals surface area (Å²) in [6.07, 6.45) is 2.21. The number of β-amino-alcohol motifs (C(OH)–C–C–N with tert-alkyl or cyclic N) is 1. The molecule has 0 spiro atoms. The molecular weight excluding hydrogens is 168 g/mol. The molecule has 1 rings (SSSR count). The van der Waals surface area contributed by atoms with E-state index in [0.717, 1.165) is 19.4 Å². The molecule has 0 bridgehead atoms. The molecule has 1 unspecified atom stereocenters. The molecule has 1 saturated heterocycles. The Morgan fingerprint density at radius 1 is 1.69 bits per heavy atom. The molecule has 13 heavy (non-hydrogen) atoms. The fourth-order valence-corrected chi connectivity index (χ4v) is 1.49. The van der Waals surface area contributed by atoms with Gasteiger partial charge in [-0.25, -0.2) is 0 Å². The van der Waals surface area contributed by atoms with E-state index in [1.807, 2.05) is 0 Å². The van der Waals surface area contributed by atoms with Gasteiger partial charge in [0.05, 0.1) is 5.60 Å². The van der Waals surface area contributed by atoms with Crippen LogP contribution in [-0.4, -0.2) is 36.2 Å². The van der Waals surface area contributed by atoms with Gasteiger partial charge in [0.25, 0.3) is 0 Å². The number of carbonyl (C=O) groups is 1. The third-order valence-electron chi connectivity index (χ3n) is 2.39. The lowest BCUT2D eigenvalue weighted by molar-refractivity contribution is -0.122. The molecule has 0 aromatic heterocycles. The summed E-state index contributed by atoms with van der Waals surface area (Å²) < 4.78 is 0. The average molecular weight is 186 g/mol. The van der Waals surface area contributed by atoms with Crippen molar-refractivity contribution in [2.45, 2.75) is 31.8 Å². The Hall–Kier alpha value is -0.610. The van der Waals surface area contributed by atoms with E-state index in [-0.39, 0.29) is 5.91 Å². The lowest BCUT2D eigenvalue weighted by atomic mass is 9.94. The maximum Gasteiger partial charge on any atom is 0.219 e. The fraction of sp³-hybridized carbons (Fsp3) is 0.889. The molecule has 1 fully saturated rings. The molecule has 4 nitrogen and oxygen atoms in total. The van der Waals surface area contributed by atoms with Crippen LogP contribution in [0.4, 0.5) is 0 Å². The summed E-state index contributed by atoms with van der Waals surface area (Å²) in [4.78, 5) is 11.0. The largest absolute Gasteiger partial charge is 0.387 e. The molecule has 3 N–H and O–H groups in total. The SMILES string of the molecule is CCC(=O)NCC1(O)CCCNC1. The number of amides is 1. The maximum absolute atomic E-state index is 11.0. The Balaban J connectivity index is 2.28. The van der Waals surface area contributed by atoms with Crippen molar-refractivity contribution < 1.29 is 9.90 Å². The van der Waals surface area contributed by atoms with Crippen LogP contribution in [-0.2, 0) is 4.79 Å². The molecule has 0 saturated carbocycles. The van der Waals surface area contributed by atoms with Crippen molar-refractivity contribution in [1.29, 1.82) is 0 Å². The lowest BCUT2D eigenvalue weighted by Gasteiger charge is -2.32. The van der Waals surface area contributed by atoms with Gasteiger partial charge in [0.15, 0.2) is 0 Å². The third kappa shape index (κ3) is 3.32. The molecule has 4 heteroatoms. The van der Waals surface area contributed by atoms with Gasteiger partial charge in [-0.05, 0) is 19.4 Å². The molecule has 0 aromatic rings. The number of carbonyl (C=O) groups excluding carboxylic acids is 1. The second kappa shape index (κ2) is 4.58. The molecular formula is C9H18N2O2. The van der Waals surface area contributed by atoms with E-state index in [9.17, 15) is 9.90 Å². The number of hydrogen-bond donors (Lipinski definition) is 3. The van der Waals surface area contributed by atoms with Crippen LogP contribution in [0, 0.1) is 0 Å². The second-order valence-electron chi connectivity index (χ2n) is 3.63. The Morgan fingerprint density at radius 2 is 2.46 bits per heavy atom. The first-order valence-corrected chi connectivity index (χ1v) is 4.86. The molecule has 1 atom stereocenters. The highest BCUT2D eigenvalue weighted by Crippen LogP contribution is 2.14. The average Bonchev–Trinajstić information content (AvgIpc) is 2.15. The van der Waals surface area contributed by atoms with Gasteiger partial charge < -0.3 is 15.7 Å². The van der Waals surface area contributed by atoms with Crippen molar-refractivity contribution in [3.63, 3.8) is 0 Å². The molecule has 1 aliphatic rings. The first-order valence-electron chi connectivity index (χ1n) is 4.86. The summed E-state index contributed by atoms with van der Waals surface area (Å²) in [6, 6.07) is 0. The minimum Gasteiger partial charge on any atom is -0.387 e. The minimum absolute atomic E-state index is 0.000927. The van der Waals surface area contributed by atoms with Crippen LogP contribution in [0.5, 0.6) is 0 Å². The van der Waals surface area contributed by atoms with Crippen LogP contribution in [0.1, 0.15) is 26.2 Å². The van der Waals surface area contributed by atoms with Gasteiger partial charge in [-0.2, -0.15) is 0 Å². The van der Waals surface area contributed by atoms with Crippen LogP contribution in [0.15, 0.2) is 0 Å². The van der Waals surface area contributed by atoms with Gasteiger partial charge >= 0.3 is 0 Å². The van der Waals surface area contributed by atoms with Gasteiger partial charge in [0.1, 0.15) is 0 Å². The van der Waals surface area contributed by atoms with E-state index in [1.54, 1.807) is 6.92 Å². The minimum atomic E-state index is -0.733. The Kier molecular flexibility index (Phi) is 3.69.